The van der Waals surface area contributed by atoms with E-state index in [4.69, 9.17) is 0 Å². The van der Waals surface area contributed by atoms with Gasteiger partial charge in [0.15, 0.2) is 11.0 Å². The second kappa shape index (κ2) is 8.08. The first-order valence-electron chi connectivity index (χ1n) is 9.80. The first kappa shape index (κ1) is 19.1. The maximum absolute atomic E-state index is 13.1. The number of thiophene rings is 1. The second-order valence-corrected chi connectivity index (χ2v) is 9.08. The lowest BCUT2D eigenvalue weighted by atomic mass is 10.1. The summed E-state index contributed by atoms with van der Waals surface area (Å²) in [4.78, 5) is 16.1. The van der Waals surface area contributed by atoms with Crippen LogP contribution in [-0.4, -0.2) is 32.5 Å². The third-order valence-electron chi connectivity index (χ3n) is 5.19. The van der Waals surface area contributed by atoms with Crippen LogP contribution in [0.4, 0.5) is 5.69 Å². The summed E-state index contributed by atoms with van der Waals surface area (Å²) in [6.45, 7) is 2.10. The number of para-hydroxylation sites is 2. The molecule has 0 saturated carbocycles. The molecule has 0 N–H and O–H groups in total. The van der Waals surface area contributed by atoms with E-state index < -0.39 is 0 Å². The van der Waals surface area contributed by atoms with Gasteiger partial charge in [0.25, 0.3) is 0 Å². The number of nitrogens with zero attached hydrogens (tertiary/aromatic N) is 4. The normalized spacial score (nSPS) is 15.4. The van der Waals surface area contributed by atoms with Crippen LogP contribution in [0, 0.1) is 0 Å². The fraction of sp³-hybridized carbons (Fsp3) is 0.174. The molecule has 3 heterocycles. The number of carbonyl (C=O) groups excluding carboxylic acids is 1. The summed E-state index contributed by atoms with van der Waals surface area (Å²) < 4.78 is 2.03. The van der Waals surface area contributed by atoms with Gasteiger partial charge in [-0.2, -0.15) is 0 Å². The van der Waals surface area contributed by atoms with Crippen molar-refractivity contribution < 1.29 is 4.79 Å². The fourth-order valence-corrected chi connectivity index (χ4v) is 5.39. The van der Waals surface area contributed by atoms with Gasteiger partial charge in [0, 0.05) is 17.4 Å². The monoisotopic (exact) mass is 432 g/mol. The Morgan fingerprint density at radius 3 is 2.67 bits per heavy atom. The molecule has 4 aromatic rings. The molecule has 30 heavy (non-hydrogen) atoms. The Morgan fingerprint density at radius 1 is 1.07 bits per heavy atom. The van der Waals surface area contributed by atoms with Crippen molar-refractivity contribution in [2.45, 2.75) is 24.5 Å². The van der Waals surface area contributed by atoms with E-state index in [2.05, 4.69) is 23.2 Å². The standard InChI is InChI=1S/C23H20N4OS2/c1-16-14-17-8-5-6-11-19(17)26(16)21(28)15-30-23-25-24-22(20-12-7-13-29-20)27(23)18-9-3-2-4-10-18/h2-13,16H,14-15H2,1H3. The predicted molar refractivity (Wildman–Crippen MR) is 122 cm³/mol. The zero-order valence-electron chi connectivity index (χ0n) is 16.4. The van der Waals surface area contributed by atoms with Gasteiger partial charge in [-0.25, -0.2) is 0 Å². The molecule has 1 atom stereocenters. The highest BCUT2D eigenvalue weighted by Crippen LogP contribution is 2.34. The summed E-state index contributed by atoms with van der Waals surface area (Å²) in [6.07, 6.45) is 0.898. The summed E-state index contributed by atoms with van der Waals surface area (Å²) >= 11 is 3.06. The van der Waals surface area contributed by atoms with Gasteiger partial charge in [0.05, 0.1) is 10.6 Å². The molecule has 1 unspecified atom stereocenters. The molecule has 2 aromatic carbocycles. The molecular formula is C23H20N4OS2. The van der Waals surface area contributed by atoms with Gasteiger partial charge in [-0.05, 0) is 48.6 Å². The van der Waals surface area contributed by atoms with Crippen molar-refractivity contribution in [3.05, 3.63) is 77.7 Å². The Bertz CT molecular complexity index is 1170. The van der Waals surface area contributed by atoms with Crippen molar-refractivity contribution in [1.82, 2.24) is 14.8 Å². The Kier molecular flexibility index (Phi) is 5.14. The molecule has 1 amide bonds. The summed E-state index contributed by atoms with van der Waals surface area (Å²) in [5, 5.41) is 11.6. The molecule has 5 rings (SSSR count). The van der Waals surface area contributed by atoms with Crippen LogP contribution in [0.1, 0.15) is 12.5 Å². The summed E-state index contributed by atoms with van der Waals surface area (Å²) in [6, 6.07) is 22.4. The second-order valence-electron chi connectivity index (χ2n) is 7.19. The average molecular weight is 433 g/mol. The lowest BCUT2D eigenvalue weighted by Gasteiger charge is -2.22. The van der Waals surface area contributed by atoms with Crippen LogP contribution in [0.5, 0.6) is 0 Å². The van der Waals surface area contributed by atoms with E-state index in [9.17, 15) is 4.79 Å². The van der Waals surface area contributed by atoms with E-state index in [-0.39, 0.29) is 11.9 Å². The molecule has 2 aromatic heterocycles. The Hall–Kier alpha value is -2.90. The van der Waals surface area contributed by atoms with Gasteiger partial charge in [-0.15, -0.1) is 21.5 Å². The number of benzene rings is 2. The topological polar surface area (TPSA) is 51.0 Å². The number of rotatable bonds is 5. The van der Waals surface area contributed by atoms with Gasteiger partial charge < -0.3 is 4.90 Å². The third-order valence-corrected chi connectivity index (χ3v) is 6.97. The first-order valence-corrected chi connectivity index (χ1v) is 11.7. The molecule has 0 bridgehead atoms. The zero-order chi connectivity index (χ0) is 20.5. The molecule has 0 radical (unpaired) electrons. The van der Waals surface area contributed by atoms with E-state index >= 15 is 0 Å². The minimum absolute atomic E-state index is 0.0951. The number of hydrogen-bond acceptors (Lipinski definition) is 5. The highest BCUT2D eigenvalue weighted by molar-refractivity contribution is 7.99. The smallest absolute Gasteiger partial charge is 0.237 e. The molecule has 0 spiro atoms. The number of amides is 1. The molecule has 150 valence electrons. The van der Waals surface area contributed by atoms with E-state index in [1.807, 2.05) is 75.5 Å². The maximum Gasteiger partial charge on any atom is 0.237 e. The maximum atomic E-state index is 13.1. The van der Waals surface area contributed by atoms with Crippen LogP contribution >= 0.6 is 23.1 Å². The highest BCUT2D eigenvalue weighted by atomic mass is 32.2. The zero-order valence-corrected chi connectivity index (χ0v) is 18.1. The SMILES string of the molecule is CC1Cc2ccccc2N1C(=O)CSc1nnc(-c2cccs2)n1-c1ccccc1. The quantitative estimate of drug-likeness (QED) is 0.413. The number of aromatic nitrogens is 3. The van der Waals surface area contributed by atoms with Crippen molar-refractivity contribution >= 4 is 34.7 Å². The molecule has 0 aliphatic carbocycles. The molecule has 5 nitrogen and oxygen atoms in total. The minimum atomic E-state index is 0.0951. The Balaban J connectivity index is 1.43. The number of fused-ring (bicyclic) bond motifs is 1. The lowest BCUT2D eigenvalue weighted by Crippen LogP contribution is -2.37. The van der Waals surface area contributed by atoms with E-state index in [1.165, 1.54) is 17.3 Å². The van der Waals surface area contributed by atoms with E-state index in [0.29, 0.717) is 5.75 Å². The van der Waals surface area contributed by atoms with Crippen LogP contribution in [0.2, 0.25) is 0 Å². The highest BCUT2D eigenvalue weighted by Gasteiger charge is 2.30. The average Bonchev–Trinajstić information content (AvgIpc) is 3.50. The van der Waals surface area contributed by atoms with E-state index in [1.54, 1.807) is 11.3 Å². The summed E-state index contributed by atoms with van der Waals surface area (Å²) in [5.41, 5.74) is 3.25. The summed E-state index contributed by atoms with van der Waals surface area (Å²) in [7, 11) is 0. The van der Waals surface area contributed by atoms with Gasteiger partial charge >= 0.3 is 0 Å². The molecule has 1 aliphatic heterocycles. The van der Waals surface area contributed by atoms with Crippen molar-refractivity contribution in [3.63, 3.8) is 0 Å². The van der Waals surface area contributed by atoms with Gasteiger partial charge in [-0.1, -0.05) is 54.2 Å². The minimum Gasteiger partial charge on any atom is -0.308 e. The largest absolute Gasteiger partial charge is 0.308 e. The number of carbonyl (C=O) groups is 1. The Labute approximate surface area is 183 Å². The molecule has 0 fully saturated rings. The van der Waals surface area contributed by atoms with Crippen LogP contribution in [0.3, 0.4) is 0 Å². The fourth-order valence-electron chi connectivity index (χ4n) is 3.88. The van der Waals surface area contributed by atoms with Crippen molar-refractivity contribution in [1.29, 1.82) is 0 Å². The Morgan fingerprint density at radius 2 is 1.87 bits per heavy atom. The van der Waals surface area contributed by atoms with E-state index in [0.717, 1.165) is 33.7 Å². The van der Waals surface area contributed by atoms with Gasteiger partial charge in [0.1, 0.15) is 0 Å². The van der Waals surface area contributed by atoms with Crippen molar-refractivity contribution in [3.8, 4) is 16.4 Å². The number of anilines is 1. The van der Waals surface area contributed by atoms with Gasteiger partial charge in [-0.3, -0.25) is 9.36 Å². The predicted octanol–water partition coefficient (Wildman–Crippen LogP) is 5.07. The van der Waals surface area contributed by atoms with Crippen LogP contribution in [0.15, 0.2) is 77.3 Å². The molecule has 7 heteroatoms. The lowest BCUT2D eigenvalue weighted by molar-refractivity contribution is -0.116. The molecule has 0 saturated heterocycles. The van der Waals surface area contributed by atoms with Crippen molar-refractivity contribution in [2.75, 3.05) is 10.7 Å². The van der Waals surface area contributed by atoms with Crippen LogP contribution in [0.25, 0.3) is 16.4 Å². The molecular weight excluding hydrogens is 412 g/mol. The van der Waals surface area contributed by atoms with Crippen molar-refractivity contribution in [2.24, 2.45) is 0 Å². The van der Waals surface area contributed by atoms with Crippen LogP contribution < -0.4 is 4.90 Å². The summed E-state index contributed by atoms with van der Waals surface area (Å²) in [5.74, 6) is 1.21. The van der Waals surface area contributed by atoms with Gasteiger partial charge in [0.2, 0.25) is 5.91 Å². The number of hydrogen-bond donors (Lipinski definition) is 0. The number of thioether (sulfide) groups is 1. The van der Waals surface area contributed by atoms with Crippen LogP contribution in [-0.2, 0) is 11.2 Å². The molecule has 1 aliphatic rings. The first-order chi connectivity index (χ1) is 14.7. The third kappa shape index (κ3) is 3.44.